The molecule has 0 saturated carbocycles. The molecule has 0 aliphatic carbocycles. The van der Waals surface area contributed by atoms with E-state index in [1.807, 2.05) is 18.2 Å². The summed E-state index contributed by atoms with van der Waals surface area (Å²) < 4.78 is 0. The topological polar surface area (TPSA) is 61.4 Å². The fraction of sp³-hybridized carbons (Fsp3) is 0.517. The smallest absolute Gasteiger partial charge is 0.253 e. The molecule has 1 aliphatic rings. The molecule has 2 aromatic carbocycles. The largest absolute Gasteiger partial charge is 0.366 e. The number of hydrogen-bond acceptors (Lipinski definition) is 3. The Balaban J connectivity index is 1.80. The Labute approximate surface area is 205 Å². The molecule has 0 spiro atoms. The zero-order valence-corrected chi connectivity index (χ0v) is 21.7. The van der Waals surface area contributed by atoms with Crippen LogP contribution in [0.5, 0.6) is 0 Å². The number of nitrogens with one attached hydrogen (secondary N) is 2. The van der Waals surface area contributed by atoms with Crippen LogP contribution in [0.3, 0.4) is 0 Å². The molecular weight excluding hydrogens is 422 g/mol. The van der Waals surface area contributed by atoms with Crippen molar-refractivity contribution in [1.82, 2.24) is 5.32 Å². The first kappa shape index (κ1) is 25.8. The van der Waals surface area contributed by atoms with Gasteiger partial charge in [-0.3, -0.25) is 9.59 Å². The van der Waals surface area contributed by atoms with Gasteiger partial charge in [0.15, 0.2) is 0 Å². The van der Waals surface area contributed by atoms with Crippen LogP contribution < -0.4 is 15.5 Å². The Morgan fingerprint density at radius 1 is 1.03 bits per heavy atom. The van der Waals surface area contributed by atoms with Crippen LogP contribution in [0.25, 0.3) is 0 Å². The number of rotatable bonds is 8. The minimum absolute atomic E-state index is 0.00932. The van der Waals surface area contributed by atoms with E-state index < -0.39 is 0 Å². The summed E-state index contributed by atoms with van der Waals surface area (Å²) in [5, 5.41) is 6.08. The second-order valence-electron chi connectivity index (χ2n) is 11.4. The summed E-state index contributed by atoms with van der Waals surface area (Å²) in [7, 11) is 0. The van der Waals surface area contributed by atoms with E-state index in [-0.39, 0.29) is 17.2 Å². The van der Waals surface area contributed by atoms with Crippen molar-refractivity contribution in [2.24, 2.45) is 17.3 Å². The first-order chi connectivity index (χ1) is 16.0. The molecule has 2 aromatic rings. The molecule has 184 valence electrons. The van der Waals surface area contributed by atoms with Crippen LogP contribution in [-0.4, -0.2) is 24.9 Å². The van der Waals surface area contributed by atoms with E-state index in [1.165, 1.54) is 11.1 Å². The molecule has 1 unspecified atom stereocenters. The Bertz CT molecular complexity index is 1010. The first-order valence-corrected chi connectivity index (χ1v) is 12.6. The predicted molar refractivity (Wildman–Crippen MR) is 141 cm³/mol. The molecule has 34 heavy (non-hydrogen) atoms. The number of carbonyl (C=O) groups excluding carboxylic acids is 2. The van der Waals surface area contributed by atoms with Crippen molar-refractivity contribution < 1.29 is 9.59 Å². The lowest BCUT2D eigenvalue weighted by Gasteiger charge is -2.32. The minimum atomic E-state index is -0.0974. The van der Waals surface area contributed by atoms with Crippen LogP contribution in [-0.2, 0) is 17.8 Å². The van der Waals surface area contributed by atoms with Crippen molar-refractivity contribution in [3.05, 3.63) is 59.2 Å². The van der Waals surface area contributed by atoms with E-state index in [1.54, 1.807) is 0 Å². The van der Waals surface area contributed by atoms with E-state index in [4.69, 9.17) is 0 Å². The van der Waals surface area contributed by atoms with Crippen molar-refractivity contribution in [2.75, 3.05) is 23.3 Å². The molecule has 3 rings (SSSR count). The molecule has 5 nitrogen and oxygen atoms in total. The van der Waals surface area contributed by atoms with Gasteiger partial charge >= 0.3 is 0 Å². The van der Waals surface area contributed by atoms with Crippen molar-refractivity contribution in [3.63, 3.8) is 0 Å². The lowest BCUT2D eigenvalue weighted by molar-refractivity contribution is -0.117. The van der Waals surface area contributed by atoms with Gasteiger partial charge in [-0.25, -0.2) is 0 Å². The number of fused-ring (bicyclic) bond motifs is 1. The minimum Gasteiger partial charge on any atom is -0.366 e. The number of nitrogens with zero attached hydrogens (tertiary/aromatic N) is 1. The Hall–Kier alpha value is -2.82. The number of hydrogen-bond donors (Lipinski definition) is 2. The van der Waals surface area contributed by atoms with Crippen molar-refractivity contribution >= 4 is 23.2 Å². The molecule has 2 amide bonds. The summed E-state index contributed by atoms with van der Waals surface area (Å²) in [6, 6.07) is 14.2. The summed E-state index contributed by atoms with van der Waals surface area (Å²) in [6.07, 6.45) is 2.41. The number of benzene rings is 2. The third-order valence-electron chi connectivity index (χ3n) is 6.16. The van der Waals surface area contributed by atoms with Crippen LogP contribution in [0.2, 0.25) is 0 Å². The molecule has 1 heterocycles. The predicted octanol–water partition coefficient (Wildman–Crippen LogP) is 6.04. The summed E-state index contributed by atoms with van der Waals surface area (Å²) in [5.74, 6) is 0.549. The Morgan fingerprint density at radius 3 is 2.41 bits per heavy atom. The maximum atomic E-state index is 13.2. The van der Waals surface area contributed by atoms with E-state index in [0.29, 0.717) is 36.1 Å². The molecule has 0 fully saturated rings. The number of amides is 2. The van der Waals surface area contributed by atoms with Gasteiger partial charge in [-0.2, -0.15) is 0 Å². The van der Waals surface area contributed by atoms with Crippen LogP contribution in [0.4, 0.5) is 11.4 Å². The molecule has 1 atom stereocenters. The highest BCUT2D eigenvalue weighted by Gasteiger charge is 2.23. The van der Waals surface area contributed by atoms with Gasteiger partial charge in [0.1, 0.15) is 0 Å². The normalized spacial score (nSPS) is 14.5. The van der Waals surface area contributed by atoms with E-state index in [2.05, 4.69) is 81.3 Å². The highest BCUT2D eigenvalue weighted by atomic mass is 16.2. The lowest BCUT2D eigenvalue weighted by Crippen LogP contribution is -2.34. The van der Waals surface area contributed by atoms with Gasteiger partial charge < -0.3 is 15.5 Å². The zero-order valence-electron chi connectivity index (χ0n) is 21.7. The van der Waals surface area contributed by atoms with Crippen LogP contribution in [0.1, 0.15) is 75.9 Å². The van der Waals surface area contributed by atoms with E-state index in [9.17, 15) is 9.59 Å². The van der Waals surface area contributed by atoms with Crippen molar-refractivity contribution in [3.8, 4) is 0 Å². The SMILES string of the molecule is CC(C)CNC(=O)c1cc(NC(=O)CC(C)CC(C)(C)C)ccc1N1CCc2ccccc2C1. The molecule has 0 bridgehead atoms. The van der Waals surface area contributed by atoms with Crippen LogP contribution in [0.15, 0.2) is 42.5 Å². The number of carbonyl (C=O) groups is 2. The zero-order chi connectivity index (χ0) is 24.9. The standard InChI is InChI=1S/C29H41N3O2/c1-20(2)18-30-28(34)25-16-24(31-27(33)15-21(3)17-29(4,5)6)11-12-26(25)32-14-13-22-9-7-8-10-23(22)19-32/h7-12,16,20-21H,13-15,17-19H2,1-6H3,(H,30,34)(H,31,33). The highest BCUT2D eigenvalue weighted by molar-refractivity contribution is 6.02. The van der Waals surface area contributed by atoms with E-state index >= 15 is 0 Å². The lowest BCUT2D eigenvalue weighted by atomic mass is 9.84. The van der Waals surface area contributed by atoms with E-state index in [0.717, 1.165) is 31.6 Å². The van der Waals surface area contributed by atoms with Gasteiger partial charge in [0.2, 0.25) is 5.91 Å². The average Bonchev–Trinajstić information content (AvgIpc) is 2.75. The van der Waals surface area contributed by atoms with Crippen molar-refractivity contribution in [1.29, 1.82) is 0 Å². The van der Waals surface area contributed by atoms with Gasteiger partial charge in [0.05, 0.1) is 5.56 Å². The third-order valence-corrected chi connectivity index (χ3v) is 6.16. The average molecular weight is 464 g/mol. The molecule has 0 aromatic heterocycles. The van der Waals surface area contributed by atoms with Crippen molar-refractivity contribution in [2.45, 2.75) is 67.3 Å². The second-order valence-corrected chi connectivity index (χ2v) is 11.4. The maximum Gasteiger partial charge on any atom is 0.253 e. The number of anilines is 2. The van der Waals surface area contributed by atoms with Gasteiger partial charge in [0, 0.05) is 37.4 Å². The summed E-state index contributed by atoms with van der Waals surface area (Å²) >= 11 is 0. The third kappa shape index (κ3) is 7.34. The molecule has 0 radical (unpaired) electrons. The quantitative estimate of drug-likeness (QED) is 0.502. The highest BCUT2D eigenvalue weighted by Crippen LogP contribution is 2.30. The molecule has 0 saturated heterocycles. The maximum absolute atomic E-state index is 13.2. The van der Waals surface area contributed by atoms with Gasteiger partial charge in [-0.1, -0.05) is 65.8 Å². The summed E-state index contributed by atoms with van der Waals surface area (Å²) in [6.45, 7) is 15.1. The molecule has 2 N–H and O–H groups in total. The summed E-state index contributed by atoms with van der Waals surface area (Å²) in [4.78, 5) is 28.2. The monoisotopic (exact) mass is 463 g/mol. The fourth-order valence-corrected chi connectivity index (χ4v) is 4.81. The molecular formula is C29H41N3O2. The summed E-state index contributed by atoms with van der Waals surface area (Å²) in [5.41, 5.74) is 5.06. The second kappa shape index (κ2) is 11.1. The van der Waals surface area contributed by atoms with Gasteiger partial charge in [-0.05, 0) is 59.4 Å². The van der Waals surface area contributed by atoms with Crippen LogP contribution >= 0.6 is 0 Å². The van der Waals surface area contributed by atoms with Gasteiger partial charge in [-0.15, -0.1) is 0 Å². The van der Waals surface area contributed by atoms with Crippen LogP contribution in [0, 0.1) is 17.3 Å². The first-order valence-electron chi connectivity index (χ1n) is 12.6. The Kier molecular flexibility index (Phi) is 8.40. The van der Waals surface area contributed by atoms with Gasteiger partial charge in [0.25, 0.3) is 5.91 Å². The Morgan fingerprint density at radius 2 is 1.74 bits per heavy atom. The fourth-order valence-electron chi connectivity index (χ4n) is 4.81. The molecule has 5 heteroatoms. The molecule has 1 aliphatic heterocycles.